The molecule has 0 fully saturated rings. The van der Waals surface area contributed by atoms with Crippen LogP contribution in [0.3, 0.4) is 0 Å². The zero-order chi connectivity index (χ0) is 8.65. The minimum absolute atomic E-state index is 0.924. The fourth-order valence-electron chi connectivity index (χ4n) is 1.52. The molecule has 0 aromatic heterocycles. The van der Waals surface area contributed by atoms with E-state index >= 15 is 0 Å². The fraction of sp³-hybridized carbons (Fsp3) is 0.727. The molecule has 0 saturated heterocycles. The van der Waals surface area contributed by atoms with Gasteiger partial charge in [0, 0.05) is 18.7 Å². The summed E-state index contributed by atoms with van der Waals surface area (Å²) in [6.45, 7) is 1.06. The number of rotatable bonds is 4. The van der Waals surface area contributed by atoms with Crippen molar-refractivity contribution in [3.05, 3.63) is 0 Å². The van der Waals surface area contributed by atoms with E-state index in [-0.39, 0.29) is 0 Å². The van der Waals surface area contributed by atoms with Crippen LogP contribution in [-0.2, 0) is 0 Å². The van der Waals surface area contributed by atoms with E-state index in [2.05, 4.69) is 10.9 Å². The molecule has 0 bridgehead atoms. The molecule has 0 saturated carbocycles. The maximum absolute atomic E-state index is 5.17. The minimum Gasteiger partial charge on any atom is -0.294 e. The molecular formula is C11H17N. The predicted octanol–water partition coefficient (Wildman–Crippen LogP) is 2.80. The fourth-order valence-corrected chi connectivity index (χ4v) is 1.52. The SMILES string of the molecule is C#CCCCCC1=NCCCC1. The molecule has 0 spiro atoms. The summed E-state index contributed by atoms with van der Waals surface area (Å²) >= 11 is 0. The van der Waals surface area contributed by atoms with Gasteiger partial charge in [0.2, 0.25) is 0 Å². The summed E-state index contributed by atoms with van der Waals surface area (Å²) in [5.41, 5.74) is 1.43. The standard InChI is InChI=1S/C11H17N/c1-2-3-4-5-8-11-9-6-7-10-12-11/h1H,3-10H2. The van der Waals surface area contributed by atoms with E-state index in [1.54, 1.807) is 0 Å². The van der Waals surface area contributed by atoms with Gasteiger partial charge in [0.15, 0.2) is 0 Å². The Morgan fingerprint density at radius 2 is 2.25 bits per heavy atom. The van der Waals surface area contributed by atoms with Crippen molar-refractivity contribution in [3.63, 3.8) is 0 Å². The quantitative estimate of drug-likeness (QED) is 0.446. The Morgan fingerprint density at radius 3 is 2.92 bits per heavy atom. The third-order valence-corrected chi connectivity index (χ3v) is 2.25. The van der Waals surface area contributed by atoms with Crippen molar-refractivity contribution < 1.29 is 0 Å². The van der Waals surface area contributed by atoms with Gasteiger partial charge in [0.25, 0.3) is 0 Å². The van der Waals surface area contributed by atoms with Crippen LogP contribution in [0.2, 0.25) is 0 Å². The third-order valence-electron chi connectivity index (χ3n) is 2.25. The summed E-state index contributed by atoms with van der Waals surface area (Å²) in [6, 6.07) is 0. The van der Waals surface area contributed by atoms with Gasteiger partial charge in [0.05, 0.1) is 0 Å². The highest BCUT2D eigenvalue weighted by Crippen LogP contribution is 2.11. The molecular weight excluding hydrogens is 146 g/mol. The van der Waals surface area contributed by atoms with Gasteiger partial charge in [-0.3, -0.25) is 4.99 Å². The van der Waals surface area contributed by atoms with Crippen LogP contribution in [0.15, 0.2) is 4.99 Å². The van der Waals surface area contributed by atoms with Crippen molar-refractivity contribution in [2.75, 3.05) is 6.54 Å². The largest absolute Gasteiger partial charge is 0.294 e. The third kappa shape index (κ3) is 3.57. The van der Waals surface area contributed by atoms with Crippen LogP contribution >= 0.6 is 0 Å². The maximum atomic E-state index is 5.17. The molecule has 0 aromatic rings. The molecule has 0 radical (unpaired) electrons. The van der Waals surface area contributed by atoms with Crippen molar-refractivity contribution >= 4 is 5.71 Å². The lowest BCUT2D eigenvalue weighted by Gasteiger charge is -2.10. The molecule has 0 aromatic carbocycles. The lowest BCUT2D eigenvalue weighted by Crippen LogP contribution is -2.05. The normalized spacial score (nSPS) is 16.8. The second-order valence-corrected chi connectivity index (χ2v) is 3.32. The molecule has 1 aliphatic heterocycles. The van der Waals surface area contributed by atoms with Gasteiger partial charge < -0.3 is 0 Å². The van der Waals surface area contributed by atoms with Crippen molar-refractivity contribution in [3.8, 4) is 12.3 Å². The van der Waals surface area contributed by atoms with Crippen LogP contribution in [0.25, 0.3) is 0 Å². The van der Waals surface area contributed by atoms with E-state index in [9.17, 15) is 0 Å². The Kier molecular flexibility index (Phi) is 4.52. The second-order valence-electron chi connectivity index (χ2n) is 3.32. The number of hydrogen-bond donors (Lipinski definition) is 0. The minimum atomic E-state index is 0.924. The molecule has 0 atom stereocenters. The summed E-state index contributed by atoms with van der Waals surface area (Å²) in [4.78, 5) is 4.49. The van der Waals surface area contributed by atoms with Crippen LogP contribution < -0.4 is 0 Å². The van der Waals surface area contributed by atoms with Crippen molar-refractivity contribution in [2.45, 2.75) is 44.9 Å². The Hall–Kier alpha value is -0.770. The monoisotopic (exact) mass is 163 g/mol. The topological polar surface area (TPSA) is 12.4 Å². The van der Waals surface area contributed by atoms with E-state index in [4.69, 9.17) is 6.42 Å². The van der Waals surface area contributed by atoms with Crippen molar-refractivity contribution in [1.82, 2.24) is 0 Å². The first-order valence-corrected chi connectivity index (χ1v) is 4.89. The average molecular weight is 163 g/mol. The zero-order valence-electron chi connectivity index (χ0n) is 7.68. The van der Waals surface area contributed by atoms with E-state index in [0.717, 1.165) is 19.4 Å². The summed E-state index contributed by atoms with van der Waals surface area (Å²) in [6.07, 6.45) is 13.5. The second kappa shape index (κ2) is 5.83. The molecule has 1 heterocycles. The number of hydrogen-bond acceptors (Lipinski definition) is 1. The van der Waals surface area contributed by atoms with E-state index in [1.165, 1.54) is 37.8 Å². The molecule has 0 amide bonds. The zero-order valence-corrected chi connectivity index (χ0v) is 7.68. The summed E-state index contributed by atoms with van der Waals surface area (Å²) < 4.78 is 0. The van der Waals surface area contributed by atoms with Crippen LogP contribution in [-0.4, -0.2) is 12.3 Å². The smallest absolute Gasteiger partial charge is 0.0388 e. The Labute approximate surface area is 75.3 Å². The number of nitrogens with zero attached hydrogens (tertiary/aromatic N) is 1. The molecule has 1 aliphatic rings. The lowest BCUT2D eigenvalue weighted by atomic mass is 10.0. The Bertz CT molecular complexity index is 186. The van der Waals surface area contributed by atoms with Crippen molar-refractivity contribution in [2.24, 2.45) is 4.99 Å². The molecule has 12 heavy (non-hydrogen) atoms. The van der Waals surface area contributed by atoms with Crippen LogP contribution in [0.1, 0.15) is 44.9 Å². The average Bonchev–Trinajstić information content (AvgIpc) is 2.14. The first-order chi connectivity index (χ1) is 5.93. The number of unbranched alkanes of at least 4 members (excludes halogenated alkanes) is 2. The van der Waals surface area contributed by atoms with Gasteiger partial charge >= 0.3 is 0 Å². The predicted molar refractivity (Wildman–Crippen MR) is 53.5 cm³/mol. The molecule has 0 N–H and O–H groups in total. The number of terminal acetylenes is 1. The molecule has 66 valence electrons. The van der Waals surface area contributed by atoms with Gasteiger partial charge in [-0.2, -0.15) is 0 Å². The first kappa shape index (κ1) is 9.32. The molecule has 1 rings (SSSR count). The van der Waals surface area contributed by atoms with Gasteiger partial charge in [-0.05, 0) is 38.5 Å². The van der Waals surface area contributed by atoms with Crippen LogP contribution in [0.4, 0.5) is 0 Å². The van der Waals surface area contributed by atoms with Gasteiger partial charge in [-0.1, -0.05) is 0 Å². The number of aliphatic imine (C=N–C) groups is 1. The highest BCUT2D eigenvalue weighted by molar-refractivity contribution is 5.84. The van der Waals surface area contributed by atoms with Crippen LogP contribution in [0, 0.1) is 12.3 Å². The highest BCUT2D eigenvalue weighted by atomic mass is 14.7. The molecule has 1 heteroatoms. The molecule has 0 aliphatic carbocycles. The van der Waals surface area contributed by atoms with Crippen LogP contribution in [0.5, 0.6) is 0 Å². The van der Waals surface area contributed by atoms with Crippen molar-refractivity contribution in [1.29, 1.82) is 0 Å². The Balaban J connectivity index is 2.06. The summed E-state index contributed by atoms with van der Waals surface area (Å²) in [5.74, 6) is 2.67. The van der Waals surface area contributed by atoms with Gasteiger partial charge in [-0.25, -0.2) is 0 Å². The highest BCUT2D eigenvalue weighted by Gasteiger charge is 2.03. The first-order valence-electron chi connectivity index (χ1n) is 4.89. The summed E-state index contributed by atoms with van der Waals surface area (Å²) in [5, 5.41) is 0. The van der Waals surface area contributed by atoms with E-state index in [0.29, 0.717) is 0 Å². The Morgan fingerprint density at radius 1 is 1.33 bits per heavy atom. The van der Waals surface area contributed by atoms with Gasteiger partial charge in [0.1, 0.15) is 0 Å². The molecule has 1 nitrogen and oxygen atoms in total. The maximum Gasteiger partial charge on any atom is 0.0388 e. The van der Waals surface area contributed by atoms with E-state index in [1.807, 2.05) is 0 Å². The summed E-state index contributed by atoms with van der Waals surface area (Å²) in [7, 11) is 0. The molecule has 0 unspecified atom stereocenters. The van der Waals surface area contributed by atoms with Gasteiger partial charge in [-0.15, -0.1) is 12.3 Å². The lowest BCUT2D eigenvalue weighted by molar-refractivity contribution is 0.704. The van der Waals surface area contributed by atoms with E-state index < -0.39 is 0 Å².